The summed E-state index contributed by atoms with van der Waals surface area (Å²) >= 11 is 0. The van der Waals surface area contributed by atoms with Crippen LogP contribution in [-0.4, -0.2) is 53.4 Å². The minimum absolute atomic E-state index is 0.0263. The molecular weight excluding hydrogens is 329 g/mol. The van der Waals surface area contributed by atoms with Gasteiger partial charge in [0, 0.05) is 18.7 Å². The fourth-order valence-corrected chi connectivity index (χ4v) is 3.15. The fourth-order valence-electron chi connectivity index (χ4n) is 3.15. The molecule has 0 radical (unpaired) electrons. The molecule has 0 bridgehead atoms. The number of amides is 1. The molecule has 1 aromatic carbocycles. The summed E-state index contributed by atoms with van der Waals surface area (Å²) in [4.78, 5) is 14.3. The van der Waals surface area contributed by atoms with E-state index in [1.807, 2.05) is 68.9 Å². The highest BCUT2D eigenvalue weighted by molar-refractivity contribution is 6.52. The van der Waals surface area contributed by atoms with Crippen molar-refractivity contribution in [3.8, 4) is 0 Å². The molecule has 1 N–H and O–H groups in total. The van der Waals surface area contributed by atoms with Gasteiger partial charge in [0.15, 0.2) is 0 Å². The molecule has 0 aliphatic carbocycles. The van der Waals surface area contributed by atoms with Gasteiger partial charge in [-0.3, -0.25) is 4.79 Å². The molecule has 6 heteroatoms. The predicted molar refractivity (Wildman–Crippen MR) is 103 cm³/mol. The zero-order valence-electron chi connectivity index (χ0n) is 16.1. The lowest BCUT2D eigenvalue weighted by molar-refractivity contribution is 0.00578. The molecule has 3 rings (SSSR count). The second-order valence-corrected chi connectivity index (χ2v) is 8.13. The lowest BCUT2D eigenvalue weighted by Crippen LogP contribution is -2.41. The summed E-state index contributed by atoms with van der Waals surface area (Å²) in [6.07, 6.45) is 2.98. The maximum atomic E-state index is 12.5. The van der Waals surface area contributed by atoms with Crippen molar-refractivity contribution in [2.24, 2.45) is 0 Å². The van der Waals surface area contributed by atoms with Crippen LogP contribution in [0.25, 0.3) is 6.08 Å². The van der Waals surface area contributed by atoms with Crippen LogP contribution in [0, 0.1) is 0 Å². The van der Waals surface area contributed by atoms with Gasteiger partial charge in [0.25, 0.3) is 5.91 Å². The third-order valence-corrected chi connectivity index (χ3v) is 5.63. The molecule has 26 heavy (non-hydrogen) atoms. The summed E-state index contributed by atoms with van der Waals surface area (Å²) in [5, 5.41) is 9.56. The SMILES string of the molecule is CC1(C)OB(/C=C/c2ccc(C(=O)N3CCC(O)CC3)cc2)OC1(C)C. The topological polar surface area (TPSA) is 59.0 Å². The van der Waals surface area contributed by atoms with Crippen molar-refractivity contribution in [1.29, 1.82) is 0 Å². The van der Waals surface area contributed by atoms with Gasteiger partial charge in [-0.2, -0.15) is 0 Å². The number of likely N-dealkylation sites (tertiary alicyclic amines) is 1. The molecule has 2 saturated heterocycles. The van der Waals surface area contributed by atoms with Gasteiger partial charge < -0.3 is 19.3 Å². The van der Waals surface area contributed by atoms with E-state index in [9.17, 15) is 9.90 Å². The van der Waals surface area contributed by atoms with Crippen molar-refractivity contribution in [2.45, 2.75) is 57.8 Å². The van der Waals surface area contributed by atoms with Crippen LogP contribution >= 0.6 is 0 Å². The van der Waals surface area contributed by atoms with Crippen molar-refractivity contribution < 1.29 is 19.2 Å². The highest BCUT2D eigenvalue weighted by Crippen LogP contribution is 2.37. The standard InChI is InChI=1S/C20H28BNO4/c1-19(2)20(3,4)26-21(25-19)12-9-15-5-7-16(8-6-15)18(24)22-13-10-17(23)11-14-22/h5-9,12,17,23H,10-11,13-14H2,1-4H3/b12-9+. The minimum Gasteiger partial charge on any atom is -0.400 e. The highest BCUT2D eigenvalue weighted by atomic mass is 16.7. The van der Waals surface area contributed by atoms with E-state index < -0.39 is 0 Å². The lowest BCUT2D eigenvalue weighted by atomic mass is 9.89. The van der Waals surface area contributed by atoms with E-state index in [1.165, 1.54) is 0 Å². The summed E-state index contributed by atoms with van der Waals surface area (Å²) < 4.78 is 11.9. The lowest BCUT2D eigenvalue weighted by Gasteiger charge is -2.32. The third kappa shape index (κ3) is 4.03. The number of benzene rings is 1. The number of rotatable bonds is 3. The number of hydrogen-bond acceptors (Lipinski definition) is 4. The van der Waals surface area contributed by atoms with Crippen LogP contribution in [0.5, 0.6) is 0 Å². The summed E-state index contributed by atoms with van der Waals surface area (Å²) in [5.74, 6) is 1.93. The van der Waals surface area contributed by atoms with Crippen LogP contribution < -0.4 is 0 Å². The maximum Gasteiger partial charge on any atom is 0.487 e. The quantitative estimate of drug-likeness (QED) is 0.845. The van der Waals surface area contributed by atoms with Gasteiger partial charge in [0.2, 0.25) is 0 Å². The first kappa shape index (κ1) is 19.1. The van der Waals surface area contributed by atoms with E-state index in [2.05, 4.69) is 0 Å². The predicted octanol–water partition coefficient (Wildman–Crippen LogP) is 2.93. The number of carbonyl (C=O) groups excluding carboxylic acids is 1. The van der Waals surface area contributed by atoms with Gasteiger partial charge in [-0.1, -0.05) is 24.2 Å². The molecule has 2 aliphatic heterocycles. The number of nitrogens with zero attached hydrogens (tertiary/aromatic N) is 1. The van der Waals surface area contributed by atoms with Crippen LogP contribution in [0.4, 0.5) is 0 Å². The maximum absolute atomic E-state index is 12.5. The largest absolute Gasteiger partial charge is 0.487 e. The van der Waals surface area contributed by atoms with Gasteiger partial charge >= 0.3 is 7.12 Å². The molecule has 1 aromatic rings. The van der Waals surface area contributed by atoms with Crippen molar-refractivity contribution in [3.05, 3.63) is 41.4 Å². The van der Waals surface area contributed by atoms with Crippen molar-refractivity contribution in [1.82, 2.24) is 4.90 Å². The Kier molecular flexibility index (Phi) is 5.29. The van der Waals surface area contributed by atoms with Crippen LogP contribution in [-0.2, 0) is 9.31 Å². The van der Waals surface area contributed by atoms with E-state index in [1.54, 1.807) is 0 Å². The normalized spacial score (nSPS) is 23.0. The second-order valence-electron chi connectivity index (χ2n) is 8.13. The van der Waals surface area contributed by atoms with Crippen LogP contribution in [0.2, 0.25) is 0 Å². The Bertz CT molecular complexity index is 660. The first-order chi connectivity index (χ1) is 12.2. The van der Waals surface area contributed by atoms with E-state index in [0.717, 1.165) is 5.56 Å². The third-order valence-electron chi connectivity index (χ3n) is 5.63. The Morgan fingerprint density at radius 2 is 1.65 bits per heavy atom. The number of piperidine rings is 1. The van der Waals surface area contributed by atoms with E-state index in [0.29, 0.717) is 31.5 Å². The molecule has 0 saturated carbocycles. The molecule has 0 spiro atoms. The Balaban J connectivity index is 1.61. The van der Waals surface area contributed by atoms with Crippen LogP contribution in [0.1, 0.15) is 56.5 Å². The van der Waals surface area contributed by atoms with Crippen LogP contribution in [0.3, 0.4) is 0 Å². The number of aliphatic hydroxyl groups excluding tert-OH is 1. The van der Waals surface area contributed by atoms with Gasteiger partial charge in [-0.05, 0) is 58.2 Å². The Morgan fingerprint density at radius 3 is 2.19 bits per heavy atom. The van der Waals surface area contributed by atoms with Gasteiger partial charge in [-0.25, -0.2) is 0 Å². The molecule has 140 valence electrons. The summed E-state index contributed by atoms with van der Waals surface area (Å²) in [7, 11) is -0.374. The molecule has 2 aliphatic rings. The Labute approximate surface area is 156 Å². The Morgan fingerprint density at radius 1 is 1.12 bits per heavy atom. The van der Waals surface area contributed by atoms with E-state index in [4.69, 9.17) is 9.31 Å². The van der Waals surface area contributed by atoms with Gasteiger partial charge in [0.1, 0.15) is 0 Å². The molecular formula is C20H28BNO4. The van der Waals surface area contributed by atoms with Crippen molar-refractivity contribution in [3.63, 3.8) is 0 Å². The summed E-state index contributed by atoms with van der Waals surface area (Å²) in [6.45, 7) is 9.34. The van der Waals surface area contributed by atoms with E-state index in [-0.39, 0.29) is 30.3 Å². The fraction of sp³-hybridized carbons (Fsp3) is 0.550. The molecule has 5 nitrogen and oxygen atoms in total. The molecule has 0 aromatic heterocycles. The first-order valence-electron chi connectivity index (χ1n) is 9.29. The molecule has 2 fully saturated rings. The molecule has 0 atom stereocenters. The Hall–Kier alpha value is -1.63. The smallest absolute Gasteiger partial charge is 0.400 e. The van der Waals surface area contributed by atoms with E-state index >= 15 is 0 Å². The zero-order valence-corrected chi connectivity index (χ0v) is 16.1. The number of aliphatic hydroxyl groups is 1. The van der Waals surface area contributed by atoms with Crippen molar-refractivity contribution in [2.75, 3.05) is 13.1 Å². The summed E-state index contributed by atoms with van der Waals surface area (Å²) in [5.41, 5.74) is 0.972. The minimum atomic E-state index is -0.374. The first-order valence-corrected chi connectivity index (χ1v) is 9.29. The average Bonchev–Trinajstić information content (AvgIpc) is 2.80. The molecule has 2 heterocycles. The summed E-state index contributed by atoms with van der Waals surface area (Å²) in [6, 6.07) is 7.54. The monoisotopic (exact) mass is 357 g/mol. The second kappa shape index (κ2) is 7.18. The van der Waals surface area contributed by atoms with Crippen molar-refractivity contribution >= 4 is 19.1 Å². The highest BCUT2D eigenvalue weighted by Gasteiger charge is 2.49. The molecule has 0 unspecified atom stereocenters. The van der Waals surface area contributed by atoms with Gasteiger partial charge in [-0.15, -0.1) is 0 Å². The van der Waals surface area contributed by atoms with Crippen LogP contribution in [0.15, 0.2) is 30.2 Å². The van der Waals surface area contributed by atoms with Gasteiger partial charge in [0.05, 0.1) is 17.3 Å². The molecule has 1 amide bonds. The number of carbonyl (C=O) groups is 1. The zero-order chi connectivity index (χ0) is 18.9. The average molecular weight is 357 g/mol. The number of hydrogen-bond donors (Lipinski definition) is 1.